The number of nitrogens with two attached hydrogens (primary N) is 1. The fourth-order valence-electron chi connectivity index (χ4n) is 1.99. The largest absolute Gasteiger partial charge is 0.398 e. The Kier molecular flexibility index (Phi) is 3.87. The molecule has 1 atom stereocenters. The number of nitrogens with zero attached hydrogens (tertiary/aromatic N) is 1. The van der Waals surface area contributed by atoms with Crippen LogP contribution in [0.25, 0.3) is 11.1 Å². The van der Waals surface area contributed by atoms with E-state index in [4.69, 9.17) is 17.3 Å². The molecule has 1 unspecified atom stereocenters. The van der Waals surface area contributed by atoms with E-state index >= 15 is 0 Å². The van der Waals surface area contributed by atoms with E-state index < -0.39 is 0 Å². The molecule has 1 aromatic heterocycles. The Morgan fingerprint density at radius 3 is 2.78 bits per heavy atom. The highest BCUT2D eigenvalue weighted by molar-refractivity contribution is 6.32. The average Bonchev–Trinajstić information content (AvgIpc) is 2.39. The Morgan fingerprint density at radius 1 is 1.33 bits per heavy atom. The van der Waals surface area contributed by atoms with E-state index in [2.05, 4.69) is 24.9 Å². The number of anilines is 1. The van der Waals surface area contributed by atoms with Crippen molar-refractivity contribution in [3.05, 3.63) is 47.2 Å². The summed E-state index contributed by atoms with van der Waals surface area (Å²) in [6, 6.07) is 9.92. The fourth-order valence-corrected chi connectivity index (χ4v) is 2.22. The molecule has 3 heteroatoms. The van der Waals surface area contributed by atoms with Gasteiger partial charge in [-0.25, -0.2) is 4.98 Å². The number of hydrogen-bond acceptors (Lipinski definition) is 2. The van der Waals surface area contributed by atoms with Crippen molar-refractivity contribution < 1.29 is 0 Å². The zero-order chi connectivity index (χ0) is 13.1. The van der Waals surface area contributed by atoms with Crippen LogP contribution in [0.1, 0.15) is 31.7 Å². The summed E-state index contributed by atoms with van der Waals surface area (Å²) < 4.78 is 0. The third kappa shape index (κ3) is 2.49. The van der Waals surface area contributed by atoms with Gasteiger partial charge in [0.1, 0.15) is 5.15 Å². The third-order valence-corrected chi connectivity index (χ3v) is 3.60. The molecule has 0 saturated carbocycles. The summed E-state index contributed by atoms with van der Waals surface area (Å²) in [5.41, 5.74) is 10.1. The van der Waals surface area contributed by atoms with Gasteiger partial charge in [-0.15, -0.1) is 0 Å². The molecule has 0 saturated heterocycles. The molecule has 94 valence electrons. The lowest BCUT2D eigenvalue weighted by molar-refractivity contribution is 0.736. The standard InChI is InChI=1S/C15H17ClN2/c1-3-10(2)13-9-11(6-7-14(13)17)12-5-4-8-18-15(12)16/h4-10H,3,17H2,1-2H3. The zero-order valence-corrected chi connectivity index (χ0v) is 11.4. The molecule has 0 aliphatic carbocycles. The molecule has 2 nitrogen and oxygen atoms in total. The van der Waals surface area contributed by atoms with Gasteiger partial charge in [0.05, 0.1) is 0 Å². The molecule has 2 aromatic rings. The van der Waals surface area contributed by atoms with Gasteiger partial charge >= 0.3 is 0 Å². The van der Waals surface area contributed by atoms with E-state index in [1.807, 2.05) is 24.3 Å². The summed E-state index contributed by atoms with van der Waals surface area (Å²) in [6.45, 7) is 4.34. The Labute approximate surface area is 113 Å². The molecule has 18 heavy (non-hydrogen) atoms. The molecule has 0 amide bonds. The first-order valence-electron chi connectivity index (χ1n) is 6.13. The highest BCUT2D eigenvalue weighted by atomic mass is 35.5. The maximum absolute atomic E-state index is 6.12. The number of pyridine rings is 1. The van der Waals surface area contributed by atoms with Gasteiger partial charge in [0.15, 0.2) is 0 Å². The molecule has 2 rings (SSSR count). The second kappa shape index (κ2) is 5.40. The average molecular weight is 261 g/mol. The molecule has 0 radical (unpaired) electrons. The van der Waals surface area contributed by atoms with Gasteiger partial charge in [0.2, 0.25) is 0 Å². The first kappa shape index (κ1) is 12.9. The minimum Gasteiger partial charge on any atom is -0.398 e. The zero-order valence-electron chi connectivity index (χ0n) is 10.7. The fraction of sp³-hybridized carbons (Fsp3) is 0.267. The van der Waals surface area contributed by atoms with Crippen molar-refractivity contribution in [1.82, 2.24) is 4.98 Å². The van der Waals surface area contributed by atoms with Gasteiger partial charge in [-0.05, 0) is 47.7 Å². The molecular formula is C15H17ClN2. The van der Waals surface area contributed by atoms with E-state index in [0.717, 1.165) is 23.2 Å². The summed E-state index contributed by atoms with van der Waals surface area (Å²) in [5, 5.41) is 0.525. The summed E-state index contributed by atoms with van der Waals surface area (Å²) in [5.74, 6) is 0.445. The molecular weight excluding hydrogens is 244 g/mol. The number of hydrogen-bond donors (Lipinski definition) is 1. The van der Waals surface area contributed by atoms with Crippen LogP contribution in [0.3, 0.4) is 0 Å². The maximum atomic E-state index is 6.12. The SMILES string of the molecule is CCC(C)c1cc(-c2cccnc2Cl)ccc1N. The summed E-state index contributed by atoms with van der Waals surface area (Å²) in [6.07, 6.45) is 2.76. The van der Waals surface area contributed by atoms with E-state index in [1.54, 1.807) is 6.20 Å². The van der Waals surface area contributed by atoms with Crippen LogP contribution in [0, 0.1) is 0 Å². The Bertz CT molecular complexity index is 552. The molecule has 0 aliphatic rings. The number of nitrogen functional groups attached to an aromatic ring is 1. The lowest BCUT2D eigenvalue weighted by Crippen LogP contribution is -1.99. The molecule has 0 aliphatic heterocycles. The van der Waals surface area contributed by atoms with Gasteiger partial charge in [0.25, 0.3) is 0 Å². The van der Waals surface area contributed by atoms with Crippen molar-refractivity contribution in [2.45, 2.75) is 26.2 Å². The summed E-state index contributed by atoms with van der Waals surface area (Å²) in [4.78, 5) is 4.11. The Hall–Kier alpha value is -1.54. The van der Waals surface area contributed by atoms with Crippen LogP contribution in [0.2, 0.25) is 5.15 Å². The van der Waals surface area contributed by atoms with Gasteiger partial charge < -0.3 is 5.73 Å². The summed E-state index contributed by atoms with van der Waals surface area (Å²) >= 11 is 6.12. The molecule has 1 heterocycles. The number of rotatable bonds is 3. The summed E-state index contributed by atoms with van der Waals surface area (Å²) in [7, 11) is 0. The number of halogens is 1. The second-order valence-electron chi connectivity index (χ2n) is 4.49. The van der Waals surface area contributed by atoms with Crippen LogP contribution in [0.4, 0.5) is 5.69 Å². The smallest absolute Gasteiger partial charge is 0.136 e. The van der Waals surface area contributed by atoms with Gasteiger partial charge in [-0.1, -0.05) is 31.5 Å². The van der Waals surface area contributed by atoms with Crippen molar-refractivity contribution in [2.24, 2.45) is 0 Å². The van der Waals surface area contributed by atoms with Crippen LogP contribution in [0.5, 0.6) is 0 Å². The monoisotopic (exact) mass is 260 g/mol. The van der Waals surface area contributed by atoms with E-state index in [-0.39, 0.29) is 0 Å². The molecule has 2 N–H and O–H groups in total. The number of benzene rings is 1. The highest BCUT2D eigenvalue weighted by Crippen LogP contribution is 2.32. The van der Waals surface area contributed by atoms with Crippen molar-refractivity contribution in [3.63, 3.8) is 0 Å². The van der Waals surface area contributed by atoms with E-state index in [1.165, 1.54) is 5.56 Å². The van der Waals surface area contributed by atoms with Gasteiger partial charge in [-0.2, -0.15) is 0 Å². The molecule has 0 spiro atoms. The lowest BCUT2D eigenvalue weighted by Gasteiger charge is -2.14. The normalized spacial score (nSPS) is 12.4. The van der Waals surface area contributed by atoms with E-state index in [9.17, 15) is 0 Å². The van der Waals surface area contributed by atoms with E-state index in [0.29, 0.717) is 11.1 Å². The molecule has 1 aromatic carbocycles. The Balaban J connectivity index is 2.51. The van der Waals surface area contributed by atoms with Crippen LogP contribution < -0.4 is 5.73 Å². The minimum atomic E-state index is 0.445. The van der Waals surface area contributed by atoms with Gasteiger partial charge in [-0.3, -0.25) is 0 Å². The van der Waals surface area contributed by atoms with Crippen LogP contribution in [-0.2, 0) is 0 Å². The van der Waals surface area contributed by atoms with Crippen molar-refractivity contribution in [1.29, 1.82) is 0 Å². The Morgan fingerprint density at radius 2 is 2.11 bits per heavy atom. The van der Waals surface area contributed by atoms with Crippen molar-refractivity contribution in [3.8, 4) is 11.1 Å². The topological polar surface area (TPSA) is 38.9 Å². The molecule has 0 bridgehead atoms. The van der Waals surface area contributed by atoms with Crippen LogP contribution in [0.15, 0.2) is 36.5 Å². The predicted octanol–water partition coefficient (Wildman–Crippen LogP) is 4.50. The minimum absolute atomic E-state index is 0.445. The third-order valence-electron chi connectivity index (χ3n) is 3.30. The number of aromatic nitrogens is 1. The first-order valence-corrected chi connectivity index (χ1v) is 6.51. The highest BCUT2D eigenvalue weighted by Gasteiger charge is 2.10. The first-order chi connectivity index (χ1) is 8.63. The van der Waals surface area contributed by atoms with Crippen molar-refractivity contribution >= 4 is 17.3 Å². The quantitative estimate of drug-likeness (QED) is 0.652. The van der Waals surface area contributed by atoms with Crippen molar-refractivity contribution in [2.75, 3.05) is 5.73 Å². The van der Waals surface area contributed by atoms with Gasteiger partial charge in [0, 0.05) is 17.4 Å². The second-order valence-corrected chi connectivity index (χ2v) is 4.85. The predicted molar refractivity (Wildman–Crippen MR) is 77.8 cm³/mol. The maximum Gasteiger partial charge on any atom is 0.136 e. The van der Waals surface area contributed by atoms with Crippen LogP contribution in [-0.4, -0.2) is 4.98 Å². The molecule has 0 fully saturated rings. The lowest BCUT2D eigenvalue weighted by atomic mass is 9.93. The van der Waals surface area contributed by atoms with Crippen LogP contribution >= 0.6 is 11.6 Å².